The molecular weight excluding hydrogens is 376 g/mol. The Balaban J connectivity index is 1.63. The number of ether oxygens (including phenoxy) is 1. The van der Waals surface area contributed by atoms with Crippen LogP contribution in [0.25, 0.3) is 22.8 Å². The fourth-order valence-electron chi connectivity index (χ4n) is 3.40. The van der Waals surface area contributed by atoms with Crippen LogP contribution in [0.1, 0.15) is 21.5 Å². The van der Waals surface area contributed by atoms with Crippen LogP contribution in [0.3, 0.4) is 0 Å². The fourth-order valence-corrected chi connectivity index (χ4v) is 3.40. The Bertz CT molecular complexity index is 1170. The summed E-state index contributed by atoms with van der Waals surface area (Å²) in [6.45, 7) is 4.01. The molecule has 0 bridgehead atoms. The molecule has 0 saturated heterocycles. The molecular formula is C25H22N2O3. The van der Waals surface area contributed by atoms with Gasteiger partial charge < -0.3 is 14.5 Å². The third-order valence-corrected chi connectivity index (χ3v) is 4.76. The van der Waals surface area contributed by atoms with Crippen LogP contribution < -0.4 is 10.1 Å². The van der Waals surface area contributed by atoms with Gasteiger partial charge in [0.1, 0.15) is 5.75 Å². The average Bonchev–Trinajstić information content (AvgIpc) is 3.23. The van der Waals surface area contributed by atoms with Gasteiger partial charge in [0.2, 0.25) is 5.89 Å². The second-order valence-corrected chi connectivity index (χ2v) is 7.13. The largest absolute Gasteiger partial charge is 0.497 e. The number of hydrogen-bond donors (Lipinski definition) is 1. The number of carbonyl (C=O) groups is 1. The number of rotatable bonds is 5. The molecule has 0 aliphatic heterocycles. The minimum atomic E-state index is -0.209. The highest BCUT2D eigenvalue weighted by molar-refractivity contribution is 6.08. The first-order valence-electron chi connectivity index (χ1n) is 9.63. The third kappa shape index (κ3) is 4.10. The van der Waals surface area contributed by atoms with Crippen LogP contribution in [-0.2, 0) is 0 Å². The summed E-state index contributed by atoms with van der Waals surface area (Å²) in [5.74, 6) is 1.58. The minimum Gasteiger partial charge on any atom is -0.497 e. The summed E-state index contributed by atoms with van der Waals surface area (Å²) < 4.78 is 11.2. The lowest BCUT2D eigenvalue weighted by Gasteiger charge is -2.10. The van der Waals surface area contributed by atoms with Crippen LogP contribution in [0.4, 0.5) is 5.69 Å². The molecule has 4 rings (SSSR count). The van der Waals surface area contributed by atoms with Gasteiger partial charge in [0.05, 0.1) is 18.9 Å². The molecule has 1 amide bonds. The molecule has 30 heavy (non-hydrogen) atoms. The number of nitrogens with zero attached hydrogens (tertiary/aromatic N) is 1. The molecule has 5 heteroatoms. The average molecular weight is 398 g/mol. The van der Waals surface area contributed by atoms with E-state index in [1.165, 1.54) is 0 Å². The van der Waals surface area contributed by atoms with E-state index in [1.807, 2.05) is 68.4 Å². The van der Waals surface area contributed by atoms with Crippen LogP contribution in [-0.4, -0.2) is 18.0 Å². The molecule has 0 saturated carbocycles. The van der Waals surface area contributed by atoms with Crippen molar-refractivity contribution >= 4 is 11.6 Å². The Morgan fingerprint density at radius 2 is 1.67 bits per heavy atom. The molecule has 150 valence electrons. The molecule has 0 atom stereocenters. The number of benzene rings is 3. The zero-order valence-electron chi connectivity index (χ0n) is 17.1. The lowest BCUT2D eigenvalue weighted by molar-refractivity contribution is 0.102. The SMILES string of the molecule is COc1ccc(-c2cnc(-c3ccccc3C(=O)Nc3cc(C)cc(C)c3)o2)cc1. The quantitative estimate of drug-likeness (QED) is 0.455. The number of carbonyl (C=O) groups excluding carboxylic acids is 1. The van der Waals surface area contributed by atoms with Crippen molar-refractivity contribution in [3.05, 3.63) is 89.6 Å². The van der Waals surface area contributed by atoms with Gasteiger partial charge in [-0.05, 0) is 73.5 Å². The Morgan fingerprint density at radius 3 is 2.37 bits per heavy atom. The Labute approximate surface area is 175 Å². The molecule has 1 aromatic heterocycles. The minimum absolute atomic E-state index is 0.209. The van der Waals surface area contributed by atoms with Crippen LogP contribution in [0, 0.1) is 13.8 Å². The van der Waals surface area contributed by atoms with E-state index < -0.39 is 0 Å². The molecule has 0 spiro atoms. The first-order chi connectivity index (χ1) is 14.5. The van der Waals surface area contributed by atoms with Crippen LogP contribution >= 0.6 is 0 Å². The molecule has 0 radical (unpaired) electrons. The van der Waals surface area contributed by atoms with Gasteiger partial charge >= 0.3 is 0 Å². The fraction of sp³-hybridized carbons (Fsp3) is 0.120. The summed E-state index contributed by atoms with van der Waals surface area (Å²) in [7, 11) is 1.63. The van der Waals surface area contributed by atoms with Crippen molar-refractivity contribution in [3.8, 4) is 28.5 Å². The molecule has 1 heterocycles. The molecule has 0 aliphatic rings. The maximum absolute atomic E-state index is 13.0. The lowest BCUT2D eigenvalue weighted by Crippen LogP contribution is -2.13. The lowest BCUT2D eigenvalue weighted by atomic mass is 10.1. The summed E-state index contributed by atoms with van der Waals surface area (Å²) in [5, 5.41) is 2.98. The van der Waals surface area contributed by atoms with Gasteiger partial charge in [-0.3, -0.25) is 4.79 Å². The molecule has 0 unspecified atom stereocenters. The summed E-state index contributed by atoms with van der Waals surface area (Å²) >= 11 is 0. The summed E-state index contributed by atoms with van der Waals surface area (Å²) in [5.41, 5.74) is 4.97. The highest BCUT2D eigenvalue weighted by Crippen LogP contribution is 2.29. The Kier molecular flexibility index (Phi) is 5.35. The van der Waals surface area contributed by atoms with Gasteiger partial charge in [-0.15, -0.1) is 0 Å². The van der Waals surface area contributed by atoms with Crippen LogP contribution in [0.15, 0.2) is 77.3 Å². The number of amides is 1. The van der Waals surface area contributed by atoms with E-state index in [9.17, 15) is 4.79 Å². The van der Waals surface area contributed by atoms with E-state index >= 15 is 0 Å². The second kappa shape index (κ2) is 8.25. The van der Waals surface area contributed by atoms with Gasteiger partial charge in [0.25, 0.3) is 5.91 Å². The zero-order chi connectivity index (χ0) is 21.1. The highest BCUT2D eigenvalue weighted by Gasteiger charge is 2.17. The predicted octanol–water partition coefficient (Wildman–Crippen LogP) is 5.89. The van der Waals surface area contributed by atoms with E-state index in [0.717, 1.165) is 28.1 Å². The summed E-state index contributed by atoms with van der Waals surface area (Å²) in [6, 6.07) is 20.8. The van der Waals surface area contributed by atoms with Crippen molar-refractivity contribution in [2.45, 2.75) is 13.8 Å². The van der Waals surface area contributed by atoms with Gasteiger partial charge in [-0.1, -0.05) is 18.2 Å². The van der Waals surface area contributed by atoms with Crippen LogP contribution in [0.5, 0.6) is 5.75 Å². The first kappa shape index (κ1) is 19.5. The molecule has 3 aromatic carbocycles. The second-order valence-electron chi connectivity index (χ2n) is 7.13. The van der Waals surface area contributed by atoms with E-state index in [-0.39, 0.29) is 5.91 Å². The van der Waals surface area contributed by atoms with E-state index in [4.69, 9.17) is 9.15 Å². The van der Waals surface area contributed by atoms with Crippen molar-refractivity contribution in [1.29, 1.82) is 0 Å². The van der Waals surface area contributed by atoms with Crippen molar-refractivity contribution in [3.63, 3.8) is 0 Å². The monoisotopic (exact) mass is 398 g/mol. The van der Waals surface area contributed by atoms with Gasteiger partial charge in [-0.2, -0.15) is 0 Å². The maximum atomic E-state index is 13.0. The predicted molar refractivity (Wildman–Crippen MR) is 118 cm³/mol. The number of anilines is 1. The molecule has 0 fully saturated rings. The number of aryl methyl sites for hydroxylation is 2. The normalized spacial score (nSPS) is 10.6. The standard InChI is InChI=1S/C25H22N2O3/c1-16-12-17(2)14-19(13-16)27-24(28)21-6-4-5-7-22(21)25-26-15-23(30-25)18-8-10-20(29-3)11-9-18/h4-15H,1-3H3,(H,27,28). The number of methoxy groups -OCH3 is 1. The highest BCUT2D eigenvalue weighted by atomic mass is 16.5. The topological polar surface area (TPSA) is 64.4 Å². The number of nitrogens with one attached hydrogen (secondary N) is 1. The van der Waals surface area contributed by atoms with Crippen molar-refractivity contribution in [1.82, 2.24) is 4.98 Å². The molecule has 0 aliphatic carbocycles. The van der Waals surface area contributed by atoms with Gasteiger partial charge in [0, 0.05) is 16.8 Å². The maximum Gasteiger partial charge on any atom is 0.256 e. The third-order valence-electron chi connectivity index (χ3n) is 4.76. The molecule has 1 N–H and O–H groups in total. The molecule has 5 nitrogen and oxygen atoms in total. The van der Waals surface area contributed by atoms with Crippen LogP contribution in [0.2, 0.25) is 0 Å². The van der Waals surface area contributed by atoms with E-state index in [2.05, 4.69) is 16.4 Å². The Hall–Kier alpha value is -3.86. The summed E-state index contributed by atoms with van der Waals surface area (Å²) in [6.07, 6.45) is 1.66. The zero-order valence-corrected chi connectivity index (χ0v) is 17.1. The molecule has 4 aromatic rings. The number of hydrogen-bond acceptors (Lipinski definition) is 4. The smallest absolute Gasteiger partial charge is 0.256 e. The number of oxazole rings is 1. The van der Waals surface area contributed by atoms with Crippen molar-refractivity contribution < 1.29 is 13.9 Å². The summed E-state index contributed by atoms with van der Waals surface area (Å²) in [4.78, 5) is 17.4. The van der Waals surface area contributed by atoms with Crippen molar-refractivity contribution in [2.75, 3.05) is 12.4 Å². The van der Waals surface area contributed by atoms with E-state index in [0.29, 0.717) is 22.8 Å². The van der Waals surface area contributed by atoms with Gasteiger partial charge in [0.15, 0.2) is 5.76 Å². The van der Waals surface area contributed by atoms with Crippen molar-refractivity contribution in [2.24, 2.45) is 0 Å². The Morgan fingerprint density at radius 1 is 0.967 bits per heavy atom. The number of aromatic nitrogens is 1. The van der Waals surface area contributed by atoms with E-state index in [1.54, 1.807) is 19.4 Å². The van der Waals surface area contributed by atoms with Gasteiger partial charge in [-0.25, -0.2) is 4.98 Å². The first-order valence-corrected chi connectivity index (χ1v) is 9.63.